The summed E-state index contributed by atoms with van der Waals surface area (Å²) in [6.07, 6.45) is 0.403. The highest BCUT2D eigenvalue weighted by molar-refractivity contribution is 7.91. The molecule has 2 N–H and O–H groups in total. The lowest BCUT2D eigenvalue weighted by molar-refractivity contribution is 0.0935. The van der Waals surface area contributed by atoms with Gasteiger partial charge >= 0.3 is 0 Å². The fourth-order valence-corrected chi connectivity index (χ4v) is 4.08. The molecule has 1 atom stereocenters. The third-order valence-electron chi connectivity index (χ3n) is 3.56. The summed E-state index contributed by atoms with van der Waals surface area (Å²) < 4.78 is 35.9. The van der Waals surface area contributed by atoms with Gasteiger partial charge in [0.1, 0.15) is 5.82 Å². The van der Waals surface area contributed by atoms with E-state index in [4.69, 9.17) is 0 Å². The lowest BCUT2D eigenvalue weighted by Crippen LogP contribution is -2.36. The standard InChI is InChI=1S/C15H15FN4O3S/c16-10-2-1-3-11(8-10)17-14-5-4-13(19-20-14)15(21)18-12-6-7-24(22,23)9-12/h1-5,8,12H,6-7,9H2,(H,17,20)(H,18,21). The van der Waals surface area contributed by atoms with Gasteiger partial charge in [0.2, 0.25) is 0 Å². The molecular formula is C15H15FN4O3S. The van der Waals surface area contributed by atoms with Crippen molar-refractivity contribution in [2.75, 3.05) is 16.8 Å². The molecule has 0 saturated carbocycles. The van der Waals surface area contributed by atoms with E-state index in [9.17, 15) is 17.6 Å². The highest BCUT2D eigenvalue weighted by Crippen LogP contribution is 2.15. The van der Waals surface area contributed by atoms with E-state index in [2.05, 4.69) is 20.8 Å². The van der Waals surface area contributed by atoms with Crippen LogP contribution in [0.25, 0.3) is 0 Å². The Morgan fingerprint density at radius 1 is 1.21 bits per heavy atom. The fourth-order valence-electron chi connectivity index (χ4n) is 2.40. The van der Waals surface area contributed by atoms with E-state index >= 15 is 0 Å². The van der Waals surface area contributed by atoms with Gasteiger partial charge in [-0.2, -0.15) is 0 Å². The molecule has 2 heterocycles. The van der Waals surface area contributed by atoms with E-state index in [1.165, 1.54) is 24.3 Å². The van der Waals surface area contributed by atoms with Gasteiger partial charge in [0.05, 0.1) is 11.5 Å². The van der Waals surface area contributed by atoms with Crippen LogP contribution in [-0.2, 0) is 9.84 Å². The molecule has 0 spiro atoms. The SMILES string of the molecule is O=C(NC1CCS(=O)(=O)C1)c1ccc(Nc2cccc(F)c2)nn1. The molecule has 1 aliphatic heterocycles. The molecule has 1 unspecified atom stereocenters. The Morgan fingerprint density at radius 2 is 2.04 bits per heavy atom. The van der Waals surface area contributed by atoms with Crippen molar-refractivity contribution in [2.24, 2.45) is 0 Å². The van der Waals surface area contributed by atoms with E-state index in [1.54, 1.807) is 12.1 Å². The average Bonchev–Trinajstić information content (AvgIpc) is 2.87. The van der Waals surface area contributed by atoms with Crippen LogP contribution in [0.1, 0.15) is 16.9 Å². The number of nitrogens with zero attached hydrogens (tertiary/aromatic N) is 2. The third kappa shape index (κ3) is 4.05. The first kappa shape index (κ1) is 16.3. The van der Waals surface area contributed by atoms with Crippen molar-refractivity contribution in [1.82, 2.24) is 15.5 Å². The number of sulfone groups is 1. The van der Waals surface area contributed by atoms with Crippen LogP contribution in [0.3, 0.4) is 0 Å². The number of aromatic nitrogens is 2. The summed E-state index contributed by atoms with van der Waals surface area (Å²) in [4.78, 5) is 12.0. The largest absolute Gasteiger partial charge is 0.347 e. The summed E-state index contributed by atoms with van der Waals surface area (Å²) in [5.41, 5.74) is 0.599. The molecule has 1 saturated heterocycles. The quantitative estimate of drug-likeness (QED) is 0.861. The summed E-state index contributed by atoms with van der Waals surface area (Å²) in [6, 6.07) is 8.48. The first-order chi connectivity index (χ1) is 11.4. The summed E-state index contributed by atoms with van der Waals surface area (Å²) in [7, 11) is -3.06. The number of amides is 1. The van der Waals surface area contributed by atoms with Crippen LogP contribution < -0.4 is 10.6 Å². The number of hydrogen-bond acceptors (Lipinski definition) is 6. The van der Waals surface area contributed by atoms with Crippen LogP contribution in [-0.4, -0.2) is 42.1 Å². The molecule has 3 rings (SSSR count). The number of benzene rings is 1. The molecule has 7 nitrogen and oxygen atoms in total. The van der Waals surface area contributed by atoms with Gasteiger partial charge in [-0.1, -0.05) is 6.07 Å². The Labute approximate surface area is 138 Å². The summed E-state index contributed by atoms with van der Waals surface area (Å²) in [6.45, 7) is 0. The van der Waals surface area contributed by atoms with Crippen molar-refractivity contribution in [3.05, 3.63) is 47.9 Å². The zero-order valence-electron chi connectivity index (χ0n) is 12.6. The lowest BCUT2D eigenvalue weighted by Gasteiger charge is -2.10. The topological polar surface area (TPSA) is 101 Å². The molecule has 0 radical (unpaired) electrons. The Hall–Kier alpha value is -2.55. The molecule has 1 aromatic heterocycles. The minimum Gasteiger partial charge on any atom is -0.347 e. The van der Waals surface area contributed by atoms with E-state index in [0.717, 1.165) is 0 Å². The summed E-state index contributed by atoms with van der Waals surface area (Å²) in [5.74, 6) is -0.455. The minimum absolute atomic E-state index is 0.0502. The number of carbonyl (C=O) groups excluding carboxylic acids is 1. The second-order valence-electron chi connectivity index (χ2n) is 5.51. The number of rotatable bonds is 4. The normalized spacial score (nSPS) is 19.0. The average molecular weight is 350 g/mol. The molecule has 126 valence electrons. The van der Waals surface area contributed by atoms with Crippen LogP contribution in [0.2, 0.25) is 0 Å². The molecule has 0 bridgehead atoms. The van der Waals surface area contributed by atoms with Crippen molar-refractivity contribution in [2.45, 2.75) is 12.5 Å². The van der Waals surface area contributed by atoms with Gasteiger partial charge in [0, 0.05) is 11.7 Å². The molecular weight excluding hydrogens is 335 g/mol. The maximum absolute atomic E-state index is 13.1. The van der Waals surface area contributed by atoms with Crippen molar-refractivity contribution in [3.8, 4) is 0 Å². The zero-order chi connectivity index (χ0) is 17.2. The molecule has 1 fully saturated rings. The molecule has 9 heteroatoms. The van der Waals surface area contributed by atoms with Gasteiger partial charge in [0.25, 0.3) is 5.91 Å². The highest BCUT2D eigenvalue weighted by Gasteiger charge is 2.29. The smallest absolute Gasteiger partial charge is 0.272 e. The molecule has 24 heavy (non-hydrogen) atoms. The van der Waals surface area contributed by atoms with Crippen LogP contribution in [0.15, 0.2) is 36.4 Å². The number of hydrogen-bond donors (Lipinski definition) is 2. The van der Waals surface area contributed by atoms with Gasteiger partial charge in [-0.25, -0.2) is 12.8 Å². The Kier molecular flexibility index (Phi) is 4.43. The maximum atomic E-state index is 13.1. The maximum Gasteiger partial charge on any atom is 0.272 e. The number of carbonyl (C=O) groups is 1. The molecule has 1 amide bonds. The second kappa shape index (κ2) is 6.52. The molecule has 1 aliphatic rings. The van der Waals surface area contributed by atoms with Crippen molar-refractivity contribution in [3.63, 3.8) is 0 Å². The van der Waals surface area contributed by atoms with Gasteiger partial charge in [-0.3, -0.25) is 4.79 Å². The first-order valence-corrected chi connectivity index (χ1v) is 9.11. The fraction of sp³-hybridized carbons (Fsp3) is 0.267. The second-order valence-corrected chi connectivity index (χ2v) is 7.74. The van der Waals surface area contributed by atoms with Crippen LogP contribution in [0, 0.1) is 5.82 Å². The van der Waals surface area contributed by atoms with Crippen molar-refractivity contribution >= 4 is 27.2 Å². The summed E-state index contributed by atoms with van der Waals surface area (Å²) >= 11 is 0. The lowest BCUT2D eigenvalue weighted by atomic mass is 10.2. The minimum atomic E-state index is -3.06. The van der Waals surface area contributed by atoms with E-state index in [-0.39, 0.29) is 23.0 Å². The van der Waals surface area contributed by atoms with E-state index < -0.39 is 21.8 Å². The molecule has 0 aliphatic carbocycles. The zero-order valence-corrected chi connectivity index (χ0v) is 13.4. The monoisotopic (exact) mass is 350 g/mol. The number of nitrogens with one attached hydrogen (secondary N) is 2. The van der Waals surface area contributed by atoms with Crippen molar-refractivity contribution in [1.29, 1.82) is 0 Å². The predicted molar refractivity (Wildman–Crippen MR) is 86.2 cm³/mol. The molecule has 2 aromatic rings. The van der Waals surface area contributed by atoms with Crippen molar-refractivity contribution < 1.29 is 17.6 Å². The van der Waals surface area contributed by atoms with Gasteiger partial charge < -0.3 is 10.6 Å². The Bertz CT molecular complexity index is 855. The van der Waals surface area contributed by atoms with Crippen LogP contribution in [0.5, 0.6) is 0 Å². The Morgan fingerprint density at radius 3 is 2.67 bits per heavy atom. The Balaban J connectivity index is 1.62. The van der Waals surface area contributed by atoms with Crippen LogP contribution in [0.4, 0.5) is 15.9 Å². The van der Waals surface area contributed by atoms with Gasteiger partial charge in [-0.05, 0) is 36.8 Å². The van der Waals surface area contributed by atoms with E-state index in [1.807, 2.05) is 0 Å². The van der Waals surface area contributed by atoms with Crippen LogP contribution >= 0.6 is 0 Å². The highest BCUT2D eigenvalue weighted by atomic mass is 32.2. The first-order valence-electron chi connectivity index (χ1n) is 7.29. The predicted octanol–water partition coefficient (Wildman–Crippen LogP) is 1.28. The van der Waals surface area contributed by atoms with E-state index in [0.29, 0.717) is 17.9 Å². The van der Waals surface area contributed by atoms with Gasteiger partial charge in [0.15, 0.2) is 21.3 Å². The van der Waals surface area contributed by atoms with Gasteiger partial charge in [-0.15, -0.1) is 10.2 Å². The third-order valence-corrected chi connectivity index (χ3v) is 5.33. The summed E-state index contributed by atoms with van der Waals surface area (Å²) in [5, 5.41) is 13.2. The number of anilines is 2. The number of halogens is 1. The molecule has 1 aromatic carbocycles.